The molecule has 1 rings (SSSR count). The van der Waals surface area contributed by atoms with Gasteiger partial charge in [-0.25, -0.2) is 4.39 Å². The molecule has 0 atom stereocenters. The Hall–Kier alpha value is -0.120. The van der Waals surface area contributed by atoms with Crippen LogP contribution in [0.2, 0.25) is 5.02 Å². The summed E-state index contributed by atoms with van der Waals surface area (Å²) in [6.07, 6.45) is 0. The Balaban J connectivity index is 2.70. The van der Waals surface area contributed by atoms with Crippen LogP contribution in [0.15, 0.2) is 18.2 Å². The molecule has 0 radical (unpaired) electrons. The lowest BCUT2D eigenvalue weighted by Gasteiger charge is -2.15. The molecule has 0 saturated carbocycles. The van der Waals surface area contributed by atoms with Crippen molar-refractivity contribution in [1.82, 2.24) is 4.90 Å². The zero-order valence-corrected chi connectivity index (χ0v) is 10.3. The van der Waals surface area contributed by atoms with Crippen molar-refractivity contribution in [2.75, 3.05) is 18.9 Å². The Morgan fingerprint density at radius 1 is 1.50 bits per heavy atom. The maximum atomic E-state index is 13.3. The van der Waals surface area contributed by atoms with Crippen molar-refractivity contribution in [2.45, 2.75) is 6.54 Å². The van der Waals surface area contributed by atoms with Gasteiger partial charge in [-0.1, -0.05) is 27.5 Å². The van der Waals surface area contributed by atoms with E-state index in [0.717, 1.165) is 11.9 Å². The van der Waals surface area contributed by atoms with Crippen molar-refractivity contribution in [3.63, 3.8) is 0 Å². The van der Waals surface area contributed by atoms with Crippen LogP contribution in [-0.2, 0) is 6.54 Å². The average Bonchev–Trinajstić information content (AvgIpc) is 2.12. The minimum absolute atomic E-state index is 0.198. The summed E-state index contributed by atoms with van der Waals surface area (Å²) in [5, 5.41) is 1.46. The Labute approximate surface area is 97.0 Å². The summed E-state index contributed by atoms with van der Waals surface area (Å²) in [6, 6.07) is 4.63. The highest BCUT2D eigenvalue weighted by Gasteiger charge is 2.05. The maximum Gasteiger partial charge on any atom is 0.127 e. The second-order valence-electron chi connectivity index (χ2n) is 3.16. The van der Waals surface area contributed by atoms with Gasteiger partial charge >= 0.3 is 0 Å². The first-order valence-electron chi connectivity index (χ1n) is 4.32. The minimum Gasteiger partial charge on any atom is -0.301 e. The monoisotopic (exact) mass is 279 g/mol. The molecule has 0 saturated heterocycles. The van der Waals surface area contributed by atoms with Crippen LogP contribution in [0.3, 0.4) is 0 Å². The second-order valence-corrected chi connectivity index (χ2v) is 4.39. The SMILES string of the molecule is CN(CCBr)Cc1cc(Cl)ccc1F. The molecule has 0 N–H and O–H groups in total. The molecule has 0 spiro atoms. The van der Waals surface area contributed by atoms with Crippen LogP contribution in [0.25, 0.3) is 0 Å². The van der Waals surface area contributed by atoms with Crippen molar-refractivity contribution >= 4 is 27.5 Å². The summed E-state index contributed by atoms with van der Waals surface area (Å²) in [4.78, 5) is 2.03. The molecule has 0 aromatic heterocycles. The molecule has 0 bridgehead atoms. The van der Waals surface area contributed by atoms with Gasteiger partial charge in [0.25, 0.3) is 0 Å². The Kier molecular flexibility index (Phi) is 4.85. The molecular weight excluding hydrogens is 268 g/mol. The number of rotatable bonds is 4. The minimum atomic E-state index is -0.198. The summed E-state index contributed by atoms with van der Waals surface area (Å²) >= 11 is 9.12. The van der Waals surface area contributed by atoms with Gasteiger partial charge in [0.2, 0.25) is 0 Å². The van der Waals surface area contributed by atoms with Crippen LogP contribution in [-0.4, -0.2) is 23.8 Å². The Morgan fingerprint density at radius 3 is 2.86 bits per heavy atom. The topological polar surface area (TPSA) is 3.24 Å². The van der Waals surface area contributed by atoms with Gasteiger partial charge in [0.05, 0.1) is 0 Å². The quantitative estimate of drug-likeness (QED) is 0.765. The average molecular weight is 281 g/mol. The molecule has 78 valence electrons. The third kappa shape index (κ3) is 3.56. The van der Waals surface area contributed by atoms with Gasteiger partial charge in [-0.05, 0) is 25.2 Å². The Bertz CT molecular complexity index is 306. The van der Waals surface area contributed by atoms with Gasteiger partial charge in [0.15, 0.2) is 0 Å². The third-order valence-electron chi connectivity index (χ3n) is 1.91. The Morgan fingerprint density at radius 2 is 2.21 bits per heavy atom. The lowest BCUT2D eigenvalue weighted by molar-refractivity contribution is 0.343. The molecule has 0 aliphatic rings. The summed E-state index contributed by atoms with van der Waals surface area (Å²) in [7, 11) is 1.95. The van der Waals surface area contributed by atoms with Gasteiger partial charge in [0.1, 0.15) is 5.82 Å². The van der Waals surface area contributed by atoms with Crippen LogP contribution in [0.4, 0.5) is 4.39 Å². The lowest BCUT2D eigenvalue weighted by Crippen LogP contribution is -2.20. The fourth-order valence-corrected chi connectivity index (χ4v) is 1.98. The first-order chi connectivity index (χ1) is 6.63. The van der Waals surface area contributed by atoms with E-state index in [9.17, 15) is 4.39 Å². The van der Waals surface area contributed by atoms with Crippen molar-refractivity contribution in [3.05, 3.63) is 34.6 Å². The van der Waals surface area contributed by atoms with Crippen molar-refractivity contribution in [3.8, 4) is 0 Å². The third-order valence-corrected chi connectivity index (χ3v) is 2.50. The molecular formula is C10H12BrClFN. The zero-order valence-electron chi connectivity index (χ0n) is 7.93. The summed E-state index contributed by atoms with van der Waals surface area (Å²) in [5.74, 6) is -0.198. The largest absolute Gasteiger partial charge is 0.301 e. The van der Waals surface area contributed by atoms with E-state index >= 15 is 0 Å². The van der Waals surface area contributed by atoms with Crippen LogP contribution in [0, 0.1) is 5.82 Å². The maximum absolute atomic E-state index is 13.3. The normalized spacial score (nSPS) is 10.9. The lowest BCUT2D eigenvalue weighted by atomic mass is 10.2. The number of benzene rings is 1. The van der Waals surface area contributed by atoms with Crippen molar-refractivity contribution in [1.29, 1.82) is 0 Å². The van der Waals surface area contributed by atoms with Crippen LogP contribution >= 0.6 is 27.5 Å². The standard InChI is InChI=1S/C10H12BrClFN/c1-14(5-4-11)7-8-6-9(12)2-3-10(8)13/h2-3,6H,4-5,7H2,1H3. The first kappa shape index (κ1) is 12.0. The predicted octanol–water partition coefficient (Wildman–Crippen LogP) is 3.31. The first-order valence-corrected chi connectivity index (χ1v) is 5.82. The number of nitrogens with zero attached hydrogens (tertiary/aromatic N) is 1. The summed E-state index contributed by atoms with van der Waals surface area (Å²) < 4.78 is 13.3. The molecule has 0 unspecified atom stereocenters. The number of halogens is 3. The molecule has 0 amide bonds. The summed E-state index contributed by atoms with van der Waals surface area (Å²) in [6.45, 7) is 1.46. The molecule has 1 aromatic carbocycles. The number of hydrogen-bond acceptors (Lipinski definition) is 1. The van der Waals surface area contributed by atoms with E-state index in [1.165, 1.54) is 6.07 Å². The number of hydrogen-bond donors (Lipinski definition) is 0. The van der Waals surface area contributed by atoms with E-state index < -0.39 is 0 Å². The predicted molar refractivity (Wildman–Crippen MR) is 61.5 cm³/mol. The molecule has 4 heteroatoms. The van der Waals surface area contributed by atoms with Crippen molar-refractivity contribution in [2.24, 2.45) is 0 Å². The van der Waals surface area contributed by atoms with Gasteiger partial charge in [-0.3, -0.25) is 0 Å². The molecule has 0 heterocycles. The van der Waals surface area contributed by atoms with E-state index in [1.54, 1.807) is 12.1 Å². The van der Waals surface area contributed by atoms with Gasteiger partial charge in [0, 0.05) is 29.0 Å². The van der Waals surface area contributed by atoms with Gasteiger partial charge in [-0.2, -0.15) is 0 Å². The highest BCUT2D eigenvalue weighted by atomic mass is 79.9. The van der Waals surface area contributed by atoms with E-state index in [-0.39, 0.29) is 5.82 Å². The van der Waals surface area contributed by atoms with Crippen LogP contribution in [0.1, 0.15) is 5.56 Å². The molecule has 0 aliphatic carbocycles. The highest BCUT2D eigenvalue weighted by Crippen LogP contribution is 2.16. The fraction of sp³-hybridized carbons (Fsp3) is 0.400. The van der Waals surface area contributed by atoms with E-state index in [4.69, 9.17) is 11.6 Å². The van der Waals surface area contributed by atoms with Gasteiger partial charge < -0.3 is 4.90 Å². The van der Waals surface area contributed by atoms with E-state index in [1.807, 2.05) is 11.9 Å². The molecule has 1 nitrogen and oxygen atoms in total. The smallest absolute Gasteiger partial charge is 0.127 e. The van der Waals surface area contributed by atoms with Crippen molar-refractivity contribution < 1.29 is 4.39 Å². The van der Waals surface area contributed by atoms with Gasteiger partial charge in [-0.15, -0.1) is 0 Å². The number of alkyl halides is 1. The second kappa shape index (κ2) is 5.69. The highest BCUT2D eigenvalue weighted by molar-refractivity contribution is 9.09. The van der Waals surface area contributed by atoms with E-state index in [2.05, 4.69) is 15.9 Å². The van der Waals surface area contributed by atoms with Crippen LogP contribution in [0.5, 0.6) is 0 Å². The zero-order chi connectivity index (χ0) is 10.6. The molecule has 0 fully saturated rings. The van der Waals surface area contributed by atoms with E-state index in [0.29, 0.717) is 17.1 Å². The molecule has 14 heavy (non-hydrogen) atoms. The molecule has 1 aromatic rings. The van der Waals surface area contributed by atoms with Crippen LogP contribution < -0.4 is 0 Å². The fourth-order valence-electron chi connectivity index (χ4n) is 1.18. The summed E-state index contributed by atoms with van der Waals surface area (Å²) in [5.41, 5.74) is 0.640. The molecule has 0 aliphatic heterocycles.